The Bertz CT molecular complexity index is 220. The molecule has 0 radical (unpaired) electrons. The summed E-state index contributed by atoms with van der Waals surface area (Å²) >= 11 is 0. The summed E-state index contributed by atoms with van der Waals surface area (Å²) in [5.41, 5.74) is -0.755. The van der Waals surface area contributed by atoms with E-state index in [1.165, 1.54) is 6.42 Å². The minimum atomic E-state index is -0.755. The zero-order valence-corrected chi connectivity index (χ0v) is 8.46. The molecule has 2 N–H and O–H groups in total. The van der Waals surface area contributed by atoms with Gasteiger partial charge in [0.1, 0.15) is 0 Å². The number of nitrogens with zero attached hydrogens (tertiary/aromatic N) is 1. The summed E-state index contributed by atoms with van der Waals surface area (Å²) in [5.74, 6) is 0.119. The predicted molar refractivity (Wildman–Crippen MR) is 52.9 cm³/mol. The molecule has 2 rings (SSSR count). The number of hydrogen-bond donors (Lipinski definition) is 2. The van der Waals surface area contributed by atoms with Crippen LogP contribution in [0.25, 0.3) is 0 Å². The summed E-state index contributed by atoms with van der Waals surface area (Å²) in [5, 5.41) is 12.8. The van der Waals surface area contributed by atoms with Crippen molar-refractivity contribution in [2.45, 2.75) is 31.3 Å². The van der Waals surface area contributed by atoms with Gasteiger partial charge in [0.15, 0.2) is 0 Å². The van der Waals surface area contributed by atoms with Crippen molar-refractivity contribution < 1.29 is 9.90 Å². The maximum Gasteiger partial charge on any atom is 0.225 e. The second-order valence-electron chi connectivity index (χ2n) is 4.45. The average Bonchev–Trinajstić information content (AvgIpc) is 2.17. The minimum absolute atomic E-state index is 0.119. The Morgan fingerprint density at radius 3 is 2.43 bits per heavy atom. The first-order chi connectivity index (χ1) is 6.70. The molecular weight excluding hydrogens is 180 g/mol. The van der Waals surface area contributed by atoms with Crippen molar-refractivity contribution in [1.82, 2.24) is 10.2 Å². The van der Waals surface area contributed by atoms with Crippen LogP contribution in [0.3, 0.4) is 0 Å². The van der Waals surface area contributed by atoms with Crippen LogP contribution in [0.1, 0.15) is 25.7 Å². The monoisotopic (exact) mass is 198 g/mol. The lowest BCUT2D eigenvalue weighted by Crippen LogP contribution is -2.61. The first kappa shape index (κ1) is 9.93. The Morgan fingerprint density at radius 1 is 1.29 bits per heavy atom. The van der Waals surface area contributed by atoms with Gasteiger partial charge in [0, 0.05) is 26.2 Å². The predicted octanol–water partition coefficient (Wildman–Crippen LogP) is -0.277. The molecule has 0 spiro atoms. The number of amides is 1. The largest absolute Gasteiger partial charge is 0.387 e. The van der Waals surface area contributed by atoms with Gasteiger partial charge in [-0.2, -0.15) is 0 Å². The number of likely N-dealkylation sites (tertiary alicyclic amines) is 1. The molecule has 0 aromatic heterocycles. The van der Waals surface area contributed by atoms with E-state index in [0.717, 1.165) is 25.9 Å². The van der Waals surface area contributed by atoms with E-state index in [0.29, 0.717) is 19.5 Å². The van der Waals surface area contributed by atoms with Gasteiger partial charge in [0.05, 0.1) is 12.0 Å². The zero-order chi connectivity index (χ0) is 10.0. The molecule has 0 aliphatic carbocycles. The highest BCUT2D eigenvalue weighted by Gasteiger charge is 2.37. The molecule has 2 heterocycles. The number of β-amino-alcohol motifs (C(OH)–C–C–N with tert-alkyl or cyclic N) is 1. The maximum absolute atomic E-state index is 11.7. The van der Waals surface area contributed by atoms with Crippen molar-refractivity contribution in [1.29, 1.82) is 0 Å². The normalized spacial score (nSPS) is 25.6. The molecule has 80 valence electrons. The molecule has 1 amide bonds. The third kappa shape index (κ3) is 2.07. The fourth-order valence-corrected chi connectivity index (χ4v) is 2.08. The number of carbonyl (C=O) groups excluding carboxylic acids is 1. The van der Waals surface area contributed by atoms with Gasteiger partial charge >= 0.3 is 0 Å². The van der Waals surface area contributed by atoms with Gasteiger partial charge in [-0.1, -0.05) is 0 Å². The topological polar surface area (TPSA) is 52.6 Å². The van der Waals surface area contributed by atoms with Crippen molar-refractivity contribution >= 4 is 5.91 Å². The van der Waals surface area contributed by atoms with Crippen LogP contribution >= 0.6 is 0 Å². The Labute approximate surface area is 84.3 Å². The zero-order valence-electron chi connectivity index (χ0n) is 8.46. The van der Waals surface area contributed by atoms with Crippen molar-refractivity contribution in [2.75, 3.05) is 26.2 Å². The van der Waals surface area contributed by atoms with E-state index in [-0.39, 0.29) is 5.91 Å². The summed E-state index contributed by atoms with van der Waals surface area (Å²) in [7, 11) is 0. The van der Waals surface area contributed by atoms with Crippen molar-refractivity contribution in [2.24, 2.45) is 0 Å². The molecule has 14 heavy (non-hydrogen) atoms. The van der Waals surface area contributed by atoms with Crippen LogP contribution < -0.4 is 5.32 Å². The first-order valence-corrected chi connectivity index (χ1v) is 5.41. The highest BCUT2D eigenvalue weighted by atomic mass is 16.3. The Hall–Kier alpha value is -0.610. The fraction of sp³-hybridized carbons (Fsp3) is 0.900. The fourth-order valence-electron chi connectivity index (χ4n) is 2.08. The van der Waals surface area contributed by atoms with E-state index in [4.69, 9.17) is 0 Å². The SMILES string of the molecule is O=C(CC1(O)CNC1)N1CCCCC1. The number of nitrogens with one attached hydrogen (secondary N) is 1. The van der Waals surface area contributed by atoms with E-state index < -0.39 is 5.60 Å². The van der Waals surface area contributed by atoms with Crippen LogP contribution in [0.5, 0.6) is 0 Å². The number of piperidine rings is 1. The van der Waals surface area contributed by atoms with Gasteiger partial charge in [0.25, 0.3) is 0 Å². The molecule has 2 aliphatic rings. The van der Waals surface area contributed by atoms with Crippen LogP contribution in [-0.2, 0) is 4.79 Å². The molecule has 2 fully saturated rings. The molecule has 0 saturated carbocycles. The standard InChI is InChI=1S/C10H18N2O2/c13-9(6-10(14)7-11-8-10)12-4-2-1-3-5-12/h11,14H,1-8H2. The van der Waals surface area contributed by atoms with Crippen LogP contribution in [0.2, 0.25) is 0 Å². The first-order valence-electron chi connectivity index (χ1n) is 5.41. The lowest BCUT2D eigenvalue weighted by atomic mass is 9.92. The van der Waals surface area contributed by atoms with Crippen LogP contribution in [0, 0.1) is 0 Å². The number of carbonyl (C=O) groups is 1. The second-order valence-corrected chi connectivity index (χ2v) is 4.45. The van der Waals surface area contributed by atoms with Crippen molar-refractivity contribution in [3.63, 3.8) is 0 Å². The van der Waals surface area contributed by atoms with E-state index in [1.807, 2.05) is 4.90 Å². The smallest absolute Gasteiger partial charge is 0.225 e. The maximum atomic E-state index is 11.7. The number of aliphatic hydroxyl groups is 1. The summed E-state index contributed by atoms with van der Waals surface area (Å²) in [6.45, 7) is 2.88. The highest BCUT2D eigenvalue weighted by Crippen LogP contribution is 2.18. The summed E-state index contributed by atoms with van der Waals surface area (Å²) < 4.78 is 0. The van der Waals surface area contributed by atoms with Gasteiger partial charge in [-0.3, -0.25) is 4.79 Å². The number of hydrogen-bond acceptors (Lipinski definition) is 3. The van der Waals surface area contributed by atoms with E-state index in [9.17, 15) is 9.90 Å². The highest BCUT2D eigenvalue weighted by molar-refractivity contribution is 5.77. The lowest BCUT2D eigenvalue weighted by Gasteiger charge is -2.39. The molecule has 4 nitrogen and oxygen atoms in total. The minimum Gasteiger partial charge on any atom is -0.387 e. The molecule has 0 aromatic rings. The third-order valence-electron chi connectivity index (χ3n) is 3.10. The summed E-state index contributed by atoms with van der Waals surface area (Å²) in [6, 6.07) is 0. The van der Waals surface area contributed by atoms with Gasteiger partial charge in [-0.05, 0) is 19.3 Å². The van der Waals surface area contributed by atoms with Crippen LogP contribution in [-0.4, -0.2) is 47.7 Å². The van der Waals surface area contributed by atoms with E-state index in [2.05, 4.69) is 5.32 Å². The molecule has 0 aromatic carbocycles. The quantitative estimate of drug-likeness (QED) is 0.642. The summed E-state index contributed by atoms with van der Waals surface area (Å²) in [4.78, 5) is 13.6. The lowest BCUT2D eigenvalue weighted by molar-refractivity contribution is -0.139. The van der Waals surface area contributed by atoms with Gasteiger partial charge in [0.2, 0.25) is 5.91 Å². The molecule has 0 bridgehead atoms. The molecule has 4 heteroatoms. The third-order valence-corrected chi connectivity index (χ3v) is 3.10. The van der Waals surface area contributed by atoms with Gasteiger partial charge < -0.3 is 15.3 Å². The Kier molecular flexibility index (Phi) is 2.74. The van der Waals surface area contributed by atoms with E-state index in [1.54, 1.807) is 0 Å². The molecule has 2 aliphatic heterocycles. The van der Waals surface area contributed by atoms with Crippen LogP contribution in [0.15, 0.2) is 0 Å². The summed E-state index contributed by atoms with van der Waals surface area (Å²) in [6.07, 6.45) is 3.75. The van der Waals surface area contributed by atoms with E-state index >= 15 is 0 Å². The second kappa shape index (κ2) is 3.87. The molecule has 2 saturated heterocycles. The van der Waals surface area contributed by atoms with Gasteiger partial charge in [-0.15, -0.1) is 0 Å². The van der Waals surface area contributed by atoms with Crippen LogP contribution in [0.4, 0.5) is 0 Å². The van der Waals surface area contributed by atoms with Crippen molar-refractivity contribution in [3.05, 3.63) is 0 Å². The average molecular weight is 198 g/mol. The Balaban J connectivity index is 1.81. The number of rotatable bonds is 2. The molecular formula is C10H18N2O2. The van der Waals surface area contributed by atoms with Gasteiger partial charge in [-0.25, -0.2) is 0 Å². The molecule has 0 unspecified atom stereocenters. The van der Waals surface area contributed by atoms with Crippen molar-refractivity contribution in [3.8, 4) is 0 Å². The Morgan fingerprint density at radius 2 is 1.93 bits per heavy atom. The molecule has 0 atom stereocenters.